The van der Waals surface area contributed by atoms with Crippen molar-refractivity contribution < 1.29 is 5.11 Å². The van der Waals surface area contributed by atoms with E-state index in [0.29, 0.717) is 18.4 Å². The van der Waals surface area contributed by atoms with Gasteiger partial charge in [-0.2, -0.15) is 0 Å². The molecule has 2 N–H and O–H groups in total. The standard InChI is InChI=1S/C15H14N2O3/c18-13-12(10-6-2-1-3-7-10)14(19)17(15(20)16-13)11-8-4-5-9-11/h1-7,11,19H,8-9H2,(H,16,18,20). The molecule has 0 saturated carbocycles. The number of nitrogens with one attached hydrogen (secondary N) is 1. The molecule has 0 aliphatic heterocycles. The zero-order chi connectivity index (χ0) is 14.1. The molecule has 20 heavy (non-hydrogen) atoms. The number of hydrogen-bond donors (Lipinski definition) is 2. The zero-order valence-corrected chi connectivity index (χ0v) is 10.7. The lowest BCUT2D eigenvalue weighted by molar-refractivity contribution is 0.370. The molecule has 0 atom stereocenters. The van der Waals surface area contributed by atoms with Crippen molar-refractivity contribution in [3.8, 4) is 17.0 Å². The molecule has 0 fully saturated rings. The van der Waals surface area contributed by atoms with Crippen LogP contribution in [0.4, 0.5) is 0 Å². The molecule has 1 aromatic heterocycles. The Morgan fingerprint density at radius 3 is 2.40 bits per heavy atom. The number of H-pyrrole nitrogens is 1. The van der Waals surface area contributed by atoms with Gasteiger partial charge in [-0.3, -0.25) is 14.3 Å². The molecule has 1 aromatic carbocycles. The third-order valence-electron chi connectivity index (χ3n) is 3.53. The van der Waals surface area contributed by atoms with Crippen LogP contribution in [0.5, 0.6) is 5.88 Å². The van der Waals surface area contributed by atoms with E-state index < -0.39 is 11.2 Å². The third kappa shape index (κ3) is 1.97. The van der Waals surface area contributed by atoms with Crippen LogP contribution in [0.25, 0.3) is 11.1 Å². The first-order chi connectivity index (χ1) is 9.68. The van der Waals surface area contributed by atoms with Crippen molar-refractivity contribution in [1.29, 1.82) is 0 Å². The van der Waals surface area contributed by atoms with E-state index >= 15 is 0 Å². The third-order valence-corrected chi connectivity index (χ3v) is 3.53. The largest absolute Gasteiger partial charge is 0.494 e. The minimum absolute atomic E-state index is 0.136. The van der Waals surface area contributed by atoms with Crippen molar-refractivity contribution >= 4 is 0 Å². The normalized spacial score (nSPS) is 14.8. The summed E-state index contributed by atoms with van der Waals surface area (Å²) in [6.07, 6.45) is 5.27. The second-order valence-electron chi connectivity index (χ2n) is 4.79. The van der Waals surface area contributed by atoms with Crippen LogP contribution >= 0.6 is 0 Å². The first kappa shape index (κ1) is 12.5. The monoisotopic (exact) mass is 270 g/mol. The lowest BCUT2D eigenvalue weighted by Gasteiger charge is -2.16. The topological polar surface area (TPSA) is 75.1 Å². The summed E-state index contributed by atoms with van der Waals surface area (Å²) in [7, 11) is 0. The van der Waals surface area contributed by atoms with Crippen molar-refractivity contribution in [1.82, 2.24) is 9.55 Å². The van der Waals surface area contributed by atoms with E-state index in [9.17, 15) is 14.7 Å². The van der Waals surface area contributed by atoms with Crippen LogP contribution in [0, 0.1) is 0 Å². The van der Waals surface area contributed by atoms with Crippen LogP contribution in [0.3, 0.4) is 0 Å². The molecule has 0 radical (unpaired) electrons. The van der Waals surface area contributed by atoms with Crippen molar-refractivity contribution in [2.75, 3.05) is 0 Å². The fourth-order valence-corrected chi connectivity index (χ4v) is 2.56. The van der Waals surface area contributed by atoms with E-state index in [4.69, 9.17) is 0 Å². The summed E-state index contributed by atoms with van der Waals surface area (Å²) in [4.78, 5) is 26.2. The van der Waals surface area contributed by atoms with Crippen molar-refractivity contribution in [3.05, 3.63) is 63.3 Å². The Balaban J connectivity index is 2.23. The average Bonchev–Trinajstić information content (AvgIpc) is 2.93. The number of aromatic nitrogens is 2. The van der Waals surface area contributed by atoms with Gasteiger partial charge >= 0.3 is 5.69 Å². The van der Waals surface area contributed by atoms with Crippen LogP contribution in [-0.2, 0) is 0 Å². The molecule has 0 unspecified atom stereocenters. The molecule has 1 aliphatic rings. The van der Waals surface area contributed by atoms with E-state index in [1.807, 2.05) is 18.2 Å². The Hall–Kier alpha value is -2.56. The maximum atomic E-state index is 12.0. The highest BCUT2D eigenvalue weighted by Crippen LogP contribution is 2.30. The Morgan fingerprint density at radius 2 is 1.75 bits per heavy atom. The quantitative estimate of drug-likeness (QED) is 0.817. The van der Waals surface area contributed by atoms with Gasteiger partial charge in [-0.05, 0) is 18.4 Å². The van der Waals surface area contributed by atoms with Crippen LogP contribution in [0.1, 0.15) is 18.9 Å². The molecule has 0 amide bonds. The van der Waals surface area contributed by atoms with Gasteiger partial charge in [0.15, 0.2) is 0 Å². The van der Waals surface area contributed by atoms with E-state index in [1.165, 1.54) is 4.57 Å². The van der Waals surface area contributed by atoms with Crippen molar-refractivity contribution in [3.63, 3.8) is 0 Å². The smallest absolute Gasteiger partial charge is 0.331 e. The maximum Gasteiger partial charge on any atom is 0.331 e. The molecule has 3 rings (SSSR count). The van der Waals surface area contributed by atoms with Gasteiger partial charge in [-0.15, -0.1) is 0 Å². The fourth-order valence-electron chi connectivity index (χ4n) is 2.56. The molecule has 5 heteroatoms. The molecular formula is C15H14N2O3. The Kier molecular flexibility index (Phi) is 3.02. The Bertz CT molecular complexity index is 764. The number of rotatable bonds is 2. The maximum absolute atomic E-state index is 12.0. The van der Waals surface area contributed by atoms with Gasteiger partial charge in [-0.1, -0.05) is 42.5 Å². The lowest BCUT2D eigenvalue weighted by Crippen LogP contribution is -2.32. The van der Waals surface area contributed by atoms with Crippen LogP contribution in [-0.4, -0.2) is 14.7 Å². The average molecular weight is 270 g/mol. The molecule has 0 spiro atoms. The summed E-state index contributed by atoms with van der Waals surface area (Å²) in [5.74, 6) is -0.265. The predicted octanol–water partition coefficient (Wildman–Crippen LogP) is 1.80. The first-order valence-corrected chi connectivity index (χ1v) is 6.46. The highest BCUT2D eigenvalue weighted by Gasteiger charge is 2.22. The molecule has 0 saturated heterocycles. The second kappa shape index (κ2) is 4.85. The minimum Gasteiger partial charge on any atom is -0.494 e. The van der Waals surface area contributed by atoms with Gasteiger partial charge < -0.3 is 5.11 Å². The van der Waals surface area contributed by atoms with Gasteiger partial charge in [0.25, 0.3) is 5.56 Å². The number of aromatic amines is 1. The highest BCUT2D eigenvalue weighted by atomic mass is 16.3. The van der Waals surface area contributed by atoms with Gasteiger partial charge in [0, 0.05) is 6.04 Å². The summed E-state index contributed by atoms with van der Waals surface area (Å²) in [5, 5.41) is 10.4. The Morgan fingerprint density at radius 1 is 1.10 bits per heavy atom. The zero-order valence-electron chi connectivity index (χ0n) is 10.7. The summed E-state index contributed by atoms with van der Waals surface area (Å²) in [6.45, 7) is 0. The molecule has 2 aromatic rings. The molecule has 5 nitrogen and oxygen atoms in total. The van der Waals surface area contributed by atoms with Gasteiger partial charge in [0.05, 0.1) is 0 Å². The molecular weight excluding hydrogens is 256 g/mol. The SMILES string of the molecule is O=c1[nH]c(=O)n(C2CC=CC2)c(O)c1-c1ccccc1. The molecule has 0 bridgehead atoms. The number of allylic oxidation sites excluding steroid dienone is 2. The van der Waals surface area contributed by atoms with Crippen molar-refractivity contribution in [2.24, 2.45) is 0 Å². The Labute approximate surface area is 114 Å². The van der Waals surface area contributed by atoms with E-state index in [2.05, 4.69) is 4.98 Å². The summed E-state index contributed by atoms with van der Waals surface area (Å²) < 4.78 is 1.27. The fraction of sp³-hybridized carbons (Fsp3) is 0.200. The summed E-state index contributed by atoms with van der Waals surface area (Å²) >= 11 is 0. The molecule has 1 heterocycles. The van der Waals surface area contributed by atoms with Crippen LogP contribution < -0.4 is 11.2 Å². The van der Waals surface area contributed by atoms with E-state index in [0.717, 1.165) is 0 Å². The van der Waals surface area contributed by atoms with E-state index in [1.54, 1.807) is 24.3 Å². The van der Waals surface area contributed by atoms with E-state index in [-0.39, 0.29) is 17.5 Å². The lowest BCUT2D eigenvalue weighted by atomic mass is 10.1. The van der Waals surface area contributed by atoms with Gasteiger partial charge in [0.1, 0.15) is 5.56 Å². The van der Waals surface area contributed by atoms with Crippen LogP contribution in [0.2, 0.25) is 0 Å². The first-order valence-electron chi connectivity index (χ1n) is 6.46. The predicted molar refractivity (Wildman–Crippen MR) is 75.8 cm³/mol. The second-order valence-corrected chi connectivity index (χ2v) is 4.79. The van der Waals surface area contributed by atoms with Gasteiger partial charge in [0.2, 0.25) is 5.88 Å². The highest BCUT2D eigenvalue weighted by molar-refractivity contribution is 5.67. The number of benzene rings is 1. The number of nitrogens with zero attached hydrogens (tertiary/aromatic N) is 1. The van der Waals surface area contributed by atoms with Crippen LogP contribution in [0.15, 0.2) is 52.1 Å². The van der Waals surface area contributed by atoms with Crippen molar-refractivity contribution in [2.45, 2.75) is 18.9 Å². The summed E-state index contributed by atoms with van der Waals surface area (Å²) in [5.41, 5.74) is -0.412. The number of aromatic hydroxyl groups is 1. The number of hydrogen-bond acceptors (Lipinski definition) is 3. The molecule has 1 aliphatic carbocycles. The summed E-state index contributed by atoms with van der Waals surface area (Å²) in [6, 6.07) is 8.70. The molecule has 102 valence electrons. The van der Waals surface area contributed by atoms with Gasteiger partial charge in [-0.25, -0.2) is 4.79 Å². The minimum atomic E-state index is -0.569.